The fraction of sp³-hybridized carbons (Fsp3) is 0.125. The van der Waals surface area contributed by atoms with E-state index in [1.807, 2.05) is 30.3 Å². The zero-order valence-electron chi connectivity index (χ0n) is 11.1. The molecule has 2 aromatic carbocycles. The molecule has 5 heteroatoms. The van der Waals surface area contributed by atoms with Gasteiger partial charge in [-0.2, -0.15) is 0 Å². The topological polar surface area (TPSA) is 46.6 Å². The number of ether oxygens (including phenoxy) is 1. The molecule has 0 spiro atoms. The number of carbonyl (C=O) groups is 2. The molecule has 3 rings (SSSR count). The number of carbonyl (C=O) groups excluding carboxylic acids is 2. The van der Waals surface area contributed by atoms with E-state index < -0.39 is 11.7 Å². The monoisotopic (exact) mass is 345 g/mol. The minimum absolute atomic E-state index is 0.328. The first-order chi connectivity index (χ1) is 10.2. The van der Waals surface area contributed by atoms with Gasteiger partial charge in [-0.05, 0) is 40.2 Å². The van der Waals surface area contributed by atoms with E-state index in [4.69, 9.17) is 4.74 Å². The fourth-order valence-electron chi connectivity index (χ4n) is 2.29. The number of hydrogen-bond donors (Lipinski definition) is 0. The van der Waals surface area contributed by atoms with Gasteiger partial charge in [-0.1, -0.05) is 24.3 Å². The van der Waals surface area contributed by atoms with Gasteiger partial charge < -0.3 is 9.64 Å². The molecular weight excluding hydrogens is 334 g/mol. The first kappa shape index (κ1) is 13.8. The van der Waals surface area contributed by atoms with Gasteiger partial charge in [0.05, 0.1) is 17.8 Å². The average Bonchev–Trinajstić information content (AvgIpc) is 2.74. The highest BCUT2D eigenvalue weighted by atomic mass is 79.9. The molecule has 0 aromatic heterocycles. The van der Waals surface area contributed by atoms with Gasteiger partial charge in [0.2, 0.25) is 0 Å². The van der Waals surface area contributed by atoms with Crippen LogP contribution >= 0.6 is 15.9 Å². The highest BCUT2D eigenvalue weighted by molar-refractivity contribution is 9.10. The lowest BCUT2D eigenvalue weighted by atomic mass is 10.1. The van der Waals surface area contributed by atoms with Crippen LogP contribution in [0.3, 0.4) is 0 Å². The maximum atomic E-state index is 12.1. The lowest BCUT2D eigenvalue weighted by Gasteiger charge is -2.16. The molecule has 0 fully saturated rings. The van der Waals surface area contributed by atoms with E-state index in [0.717, 1.165) is 5.75 Å². The second kappa shape index (κ2) is 5.69. The maximum Gasteiger partial charge on any atom is 0.299 e. The summed E-state index contributed by atoms with van der Waals surface area (Å²) in [7, 11) is 0. The van der Waals surface area contributed by atoms with Crippen molar-refractivity contribution in [3.8, 4) is 5.75 Å². The van der Waals surface area contributed by atoms with E-state index >= 15 is 0 Å². The number of rotatable bonds is 4. The molecule has 0 saturated carbocycles. The first-order valence-corrected chi connectivity index (χ1v) is 7.30. The van der Waals surface area contributed by atoms with E-state index in [-0.39, 0.29) is 0 Å². The Kier molecular flexibility index (Phi) is 3.75. The lowest BCUT2D eigenvalue weighted by Crippen LogP contribution is -2.33. The average molecular weight is 346 g/mol. The molecule has 21 heavy (non-hydrogen) atoms. The van der Waals surface area contributed by atoms with Crippen molar-refractivity contribution in [1.82, 2.24) is 0 Å². The van der Waals surface area contributed by atoms with Crippen LogP contribution in [0, 0.1) is 0 Å². The Hall–Kier alpha value is -2.14. The third kappa shape index (κ3) is 2.56. The molecule has 4 nitrogen and oxygen atoms in total. The summed E-state index contributed by atoms with van der Waals surface area (Å²) in [6.07, 6.45) is 0. The number of fused-ring (bicyclic) bond motifs is 1. The van der Waals surface area contributed by atoms with Crippen LogP contribution in [0.15, 0.2) is 53.0 Å². The van der Waals surface area contributed by atoms with E-state index in [0.29, 0.717) is 28.9 Å². The number of hydrogen-bond acceptors (Lipinski definition) is 3. The fourth-order valence-corrected chi connectivity index (χ4v) is 2.83. The third-order valence-electron chi connectivity index (χ3n) is 3.28. The Bertz CT molecular complexity index is 700. The van der Waals surface area contributed by atoms with Crippen LogP contribution in [0.25, 0.3) is 0 Å². The summed E-state index contributed by atoms with van der Waals surface area (Å²) in [6, 6.07) is 14.7. The van der Waals surface area contributed by atoms with Crippen molar-refractivity contribution in [3.05, 3.63) is 58.6 Å². The molecule has 0 N–H and O–H groups in total. The molecule has 1 aliphatic heterocycles. The predicted molar refractivity (Wildman–Crippen MR) is 82.8 cm³/mol. The number of amides is 1. The van der Waals surface area contributed by atoms with Crippen molar-refractivity contribution in [2.75, 3.05) is 18.1 Å². The molecule has 0 atom stereocenters. The number of Topliss-reactive ketones (excluding diaryl/α,β-unsaturated/α-hetero) is 1. The van der Waals surface area contributed by atoms with Gasteiger partial charge in [0.15, 0.2) is 0 Å². The number of halogens is 1. The van der Waals surface area contributed by atoms with Crippen LogP contribution in [0.1, 0.15) is 10.4 Å². The van der Waals surface area contributed by atoms with Gasteiger partial charge in [-0.3, -0.25) is 9.59 Å². The van der Waals surface area contributed by atoms with E-state index in [1.54, 1.807) is 18.2 Å². The van der Waals surface area contributed by atoms with Gasteiger partial charge >= 0.3 is 0 Å². The van der Waals surface area contributed by atoms with Crippen molar-refractivity contribution in [2.45, 2.75) is 0 Å². The van der Waals surface area contributed by atoms with Gasteiger partial charge in [-0.15, -0.1) is 0 Å². The molecule has 0 aliphatic carbocycles. The number of benzene rings is 2. The maximum absolute atomic E-state index is 12.1. The summed E-state index contributed by atoms with van der Waals surface area (Å²) in [5.41, 5.74) is 1.07. The Morgan fingerprint density at radius 2 is 1.76 bits per heavy atom. The summed E-state index contributed by atoms with van der Waals surface area (Å²) in [5, 5.41) is 0. The second-order valence-electron chi connectivity index (χ2n) is 4.58. The van der Waals surface area contributed by atoms with Crippen LogP contribution in [-0.4, -0.2) is 24.8 Å². The van der Waals surface area contributed by atoms with Gasteiger partial charge in [0.25, 0.3) is 11.7 Å². The molecule has 0 unspecified atom stereocenters. The number of nitrogens with zero attached hydrogens (tertiary/aromatic N) is 1. The minimum atomic E-state index is -0.506. The van der Waals surface area contributed by atoms with Crippen molar-refractivity contribution in [1.29, 1.82) is 0 Å². The van der Waals surface area contributed by atoms with Gasteiger partial charge in [-0.25, -0.2) is 0 Å². The third-order valence-corrected chi connectivity index (χ3v) is 3.94. The normalized spacial score (nSPS) is 13.5. The first-order valence-electron chi connectivity index (χ1n) is 6.51. The van der Waals surface area contributed by atoms with Crippen LogP contribution in [-0.2, 0) is 4.79 Å². The van der Waals surface area contributed by atoms with Gasteiger partial charge in [0, 0.05) is 4.47 Å². The molecular formula is C16H12BrNO3. The molecule has 2 aromatic rings. The summed E-state index contributed by atoms with van der Waals surface area (Å²) in [6.45, 7) is 0.665. The smallest absolute Gasteiger partial charge is 0.299 e. The van der Waals surface area contributed by atoms with E-state index in [1.165, 1.54) is 4.90 Å². The summed E-state index contributed by atoms with van der Waals surface area (Å²) >= 11 is 3.32. The Balaban J connectivity index is 1.74. The number of anilines is 1. The van der Waals surface area contributed by atoms with Crippen molar-refractivity contribution in [2.24, 2.45) is 0 Å². The van der Waals surface area contributed by atoms with E-state index in [9.17, 15) is 9.59 Å². The van der Waals surface area contributed by atoms with Crippen molar-refractivity contribution in [3.63, 3.8) is 0 Å². The molecule has 1 aliphatic rings. The lowest BCUT2D eigenvalue weighted by molar-refractivity contribution is -0.114. The highest BCUT2D eigenvalue weighted by Gasteiger charge is 2.36. The van der Waals surface area contributed by atoms with Crippen LogP contribution in [0.2, 0.25) is 0 Å². The molecule has 0 radical (unpaired) electrons. The standard InChI is InChI=1S/C16H12BrNO3/c17-12-7-4-8-13-14(12)15(19)16(20)18(13)9-10-21-11-5-2-1-3-6-11/h1-8H,9-10H2. The molecule has 1 heterocycles. The molecule has 0 bridgehead atoms. The largest absolute Gasteiger partial charge is 0.492 e. The highest BCUT2D eigenvalue weighted by Crippen LogP contribution is 2.33. The Morgan fingerprint density at radius 3 is 2.52 bits per heavy atom. The minimum Gasteiger partial charge on any atom is -0.492 e. The Labute approximate surface area is 130 Å². The molecule has 1 amide bonds. The van der Waals surface area contributed by atoms with Crippen molar-refractivity contribution < 1.29 is 14.3 Å². The van der Waals surface area contributed by atoms with Crippen LogP contribution in [0.4, 0.5) is 5.69 Å². The number of ketones is 1. The quantitative estimate of drug-likeness (QED) is 0.800. The summed E-state index contributed by atoms with van der Waals surface area (Å²) in [4.78, 5) is 25.5. The Morgan fingerprint density at radius 1 is 1.00 bits per heavy atom. The zero-order valence-corrected chi connectivity index (χ0v) is 12.7. The van der Waals surface area contributed by atoms with Gasteiger partial charge in [0.1, 0.15) is 12.4 Å². The molecule has 0 saturated heterocycles. The second-order valence-corrected chi connectivity index (χ2v) is 5.44. The zero-order chi connectivity index (χ0) is 14.8. The summed E-state index contributed by atoms with van der Waals surface area (Å²) in [5.74, 6) is -0.240. The van der Waals surface area contributed by atoms with Crippen LogP contribution in [0.5, 0.6) is 5.75 Å². The summed E-state index contributed by atoms with van der Waals surface area (Å²) < 4.78 is 6.22. The number of para-hydroxylation sites is 1. The predicted octanol–water partition coefficient (Wildman–Crippen LogP) is 3.06. The van der Waals surface area contributed by atoms with E-state index in [2.05, 4.69) is 15.9 Å². The molecule has 106 valence electrons. The van der Waals surface area contributed by atoms with Crippen LogP contribution < -0.4 is 9.64 Å². The SMILES string of the molecule is O=C1C(=O)N(CCOc2ccccc2)c2cccc(Br)c21. The van der Waals surface area contributed by atoms with Crippen molar-refractivity contribution >= 4 is 33.3 Å².